The van der Waals surface area contributed by atoms with Gasteiger partial charge >= 0.3 is 0 Å². The quantitative estimate of drug-likeness (QED) is 0.710. The minimum Gasteiger partial charge on any atom is -0.157 e. The highest BCUT2D eigenvalue weighted by atomic mass is 79.9. The van der Waals surface area contributed by atoms with Gasteiger partial charge in [-0.3, -0.25) is 0 Å². The van der Waals surface area contributed by atoms with E-state index in [4.69, 9.17) is 0 Å². The lowest BCUT2D eigenvalue weighted by molar-refractivity contribution is 1.26. The molecule has 1 heterocycles. The van der Waals surface area contributed by atoms with Gasteiger partial charge in [-0.1, -0.05) is 62.2 Å². The van der Waals surface area contributed by atoms with Gasteiger partial charge in [-0.25, -0.2) is 0 Å². The van der Waals surface area contributed by atoms with E-state index in [2.05, 4.69) is 42.1 Å². The van der Waals surface area contributed by atoms with E-state index in [1.165, 1.54) is 0 Å². The zero-order chi connectivity index (χ0) is 10.2. The van der Waals surface area contributed by atoms with Crippen LogP contribution < -0.4 is 0 Å². The largest absolute Gasteiger partial charge is 0.164 e. The fraction of sp³-hybridized carbons (Fsp3) is 0.200. The molecule has 0 fully saturated rings. The molecule has 0 amide bonds. The Bertz CT molecular complexity index is 407. The van der Waals surface area contributed by atoms with Crippen LogP contribution in [0.1, 0.15) is 12.5 Å². The normalized spacial score (nSPS) is 19.1. The van der Waals surface area contributed by atoms with Crippen molar-refractivity contribution in [3.05, 3.63) is 35.9 Å². The first-order valence-electron chi connectivity index (χ1n) is 4.19. The van der Waals surface area contributed by atoms with E-state index in [1.807, 2.05) is 37.3 Å². The van der Waals surface area contributed by atoms with Crippen LogP contribution in [0.25, 0.3) is 0 Å². The Morgan fingerprint density at radius 3 is 2.21 bits per heavy atom. The van der Waals surface area contributed by atoms with Crippen LogP contribution in [0.2, 0.25) is 0 Å². The highest BCUT2D eigenvalue weighted by molar-refractivity contribution is 9.26. The molecule has 0 aromatic heterocycles. The van der Waals surface area contributed by atoms with Crippen LogP contribution in [0.4, 0.5) is 0 Å². The summed E-state index contributed by atoms with van der Waals surface area (Å²) in [5.74, 6) is 0. The second kappa shape index (κ2) is 3.59. The number of halogens is 2. The molecule has 0 unspecified atom stereocenters. The molecule has 14 heavy (non-hydrogen) atoms. The molecular formula is C10H8Br2N2. The SMILES string of the molecule is CC1=NN=C(c2ccccc2)C1(Br)Br. The lowest BCUT2D eigenvalue weighted by Crippen LogP contribution is -2.29. The molecule has 0 saturated carbocycles. The number of hydrogen-bond acceptors (Lipinski definition) is 2. The fourth-order valence-corrected chi connectivity index (χ4v) is 2.03. The average molecular weight is 316 g/mol. The molecule has 0 saturated heterocycles. The fourth-order valence-electron chi connectivity index (χ4n) is 1.26. The molecule has 72 valence electrons. The Morgan fingerprint density at radius 2 is 1.71 bits per heavy atom. The third-order valence-electron chi connectivity index (χ3n) is 2.10. The third kappa shape index (κ3) is 1.57. The summed E-state index contributed by atoms with van der Waals surface area (Å²) >= 11 is 7.13. The van der Waals surface area contributed by atoms with Gasteiger partial charge < -0.3 is 0 Å². The summed E-state index contributed by atoms with van der Waals surface area (Å²) in [5.41, 5.74) is 2.88. The van der Waals surface area contributed by atoms with E-state index < -0.39 is 3.23 Å². The van der Waals surface area contributed by atoms with Gasteiger partial charge in [-0.2, -0.15) is 10.2 Å². The van der Waals surface area contributed by atoms with Crippen molar-refractivity contribution in [2.24, 2.45) is 10.2 Å². The molecular weight excluding hydrogens is 308 g/mol. The minimum atomic E-state index is -0.401. The molecule has 2 nitrogen and oxygen atoms in total. The van der Waals surface area contributed by atoms with E-state index in [0.717, 1.165) is 17.0 Å². The maximum Gasteiger partial charge on any atom is 0.164 e. The number of rotatable bonds is 1. The maximum absolute atomic E-state index is 4.15. The Kier molecular flexibility index (Phi) is 2.58. The Balaban J connectivity index is 2.41. The summed E-state index contributed by atoms with van der Waals surface area (Å²) < 4.78 is -0.401. The molecule has 0 aliphatic carbocycles. The van der Waals surface area contributed by atoms with Gasteiger partial charge in [0.1, 0.15) is 5.71 Å². The Hall–Kier alpha value is -0.480. The number of hydrogen-bond donors (Lipinski definition) is 0. The molecule has 0 radical (unpaired) electrons. The van der Waals surface area contributed by atoms with Crippen LogP contribution in [0.15, 0.2) is 40.5 Å². The van der Waals surface area contributed by atoms with Crippen molar-refractivity contribution in [1.29, 1.82) is 0 Å². The van der Waals surface area contributed by atoms with Gasteiger partial charge in [0.2, 0.25) is 0 Å². The lowest BCUT2D eigenvalue weighted by Gasteiger charge is -2.16. The summed E-state index contributed by atoms with van der Waals surface area (Å²) in [7, 11) is 0. The van der Waals surface area contributed by atoms with E-state index in [9.17, 15) is 0 Å². The van der Waals surface area contributed by atoms with Gasteiger partial charge in [0.15, 0.2) is 3.23 Å². The monoisotopic (exact) mass is 314 g/mol. The molecule has 1 aromatic carbocycles. The first-order valence-corrected chi connectivity index (χ1v) is 5.77. The molecule has 0 spiro atoms. The summed E-state index contributed by atoms with van der Waals surface area (Å²) in [6, 6.07) is 9.99. The summed E-state index contributed by atoms with van der Waals surface area (Å²) in [6.07, 6.45) is 0. The predicted molar refractivity (Wildman–Crippen MR) is 66.7 cm³/mol. The van der Waals surface area contributed by atoms with Gasteiger partial charge in [-0.05, 0) is 6.92 Å². The standard InChI is InChI=1S/C10H8Br2N2/c1-7-10(11,12)9(14-13-7)8-5-3-2-4-6-8/h2-6H,1H3. The first-order chi connectivity index (χ1) is 6.62. The van der Waals surface area contributed by atoms with E-state index >= 15 is 0 Å². The molecule has 0 N–H and O–H groups in total. The van der Waals surface area contributed by atoms with E-state index in [-0.39, 0.29) is 0 Å². The molecule has 2 rings (SSSR count). The van der Waals surface area contributed by atoms with Crippen molar-refractivity contribution in [2.45, 2.75) is 10.2 Å². The van der Waals surface area contributed by atoms with Crippen LogP contribution in [0.5, 0.6) is 0 Å². The zero-order valence-electron chi connectivity index (χ0n) is 7.54. The number of nitrogens with zero attached hydrogens (tertiary/aromatic N) is 2. The van der Waals surface area contributed by atoms with Gasteiger partial charge in [0.25, 0.3) is 0 Å². The second-order valence-corrected chi connectivity index (χ2v) is 6.52. The molecule has 0 atom stereocenters. The zero-order valence-corrected chi connectivity index (χ0v) is 10.7. The summed E-state index contributed by atoms with van der Waals surface area (Å²) in [4.78, 5) is 0. The number of alkyl halides is 2. The topological polar surface area (TPSA) is 24.7 Å². The van der Waals surface area contributed by atoms with Crippen LogP contribution in [-0.4, -0.2) is 14.7 Å². The van der Waals surface area contributed by atoms with Gasteiger partial charge in [-0.15, -0.1) is 0 Å². The highest BCUT2D eigenvalue weighted by Gasteiger charge is 2.37. The van der Waals surface area contributed by atoms with Crippen molar-refractivity contribution in [3.8, 4) is 0 Å². The first kappa shape index (κ1) is 10.1. The van der Waals surface area contributed by atoms with Crippen LogP contribution >= 0.6 is 31.9 Å². The smallest absolute Gasteiger partial charge is 0.157 e. The van der Waals surface area contributed by atoms with Crippen LogP contribution in [-0.2, 0) is 0 Å². The van der Waals surface area contributed by atoms with Crippen LogP contribution in [0, 0.1) is 0 Å². The minimum absolute atomic E-state index is 0.401. The summed E-state index contributed by atoms with van der Waals surface area (Å²) in [6.45, 7) is 1.93. The van der Waals surface area contributed by atoms with E-state index in [1.54, 1.807) is 0 Å². The third-order valence-corrected chi connectivity index (χ3v) is 4.00. The Labute approximate surface area is 99.4 Å². The van der Waals surface area contributed by atoms with Crippen molar-refractivity contribution in [3.63, 3.8) is 0 Å². The Morgan fingerprint density at radius 1 is 1.07 bits per heavy atom. The maximum atomic E-state index is 4.15. The molecule has 1 aliphatic rings. The van der Waals surface area contributed by atoms with Gasteiger partial charge in [0.05, 0.1) is 5.71 Å². The summed E-state index contributed by atoms with van der Waals surface area (Å²) in [5, 5.41) is 8.21. The molecule has 0 bridgehead atoms. The van der Waals surface area contributed by atoms with Crippen molar-refractivity contribution in [2.75, 3.05) is 0 Å². The van der Waals surface area contributed by atoms with Gasteiger partial charge in [0, 0.05) is 5.56 Å². The highest BCUT2D eigenvalue weighted by Crippen LogP contribution is 2.36. The second-order valence-electron chi connectivity index (χ2n) is 3.07. The van der Waals surface area contributed by atoms with Crippen molar-refractivity contribution >= 4 is 43.3 Å². The molecule has 1 aromatic rings. The average Bonchev–Trinajstić information content (AvgIpc) is 2.44. The number of benzene rings is 1. The molecule has 4 heteroatoms. The van der Waals surface area contributed by atoms with Crippen molar-refractivity contribution < 1.29 is 0 Å². The molecule has 1 aliphatic heterocycles. The van der Waals surface area contributed by atoms with Crippen molar-refractivity contribution in [1.82, 2.24) is 0 Å². The predicted octanol–water partition coefficient (Wildman–Crippen LogP) is 3.35. The lowest BCUT2D eigenvalue weighted by atomic mass is 10.1. The van der Waals surface area contributed by atoms with Crippen LogP contribution in [0.3, 0.4) is 0 Å². The van der Waals surface area contributed by atoms with E-state index in [0.29, 0.717) is 0 Å².